The summed E-state index contributed by atoms with van der Waals surface area (Å²) in [5.74, 6) is -0.262. The van der Waals surface area contributed by atoms with Gasteiger partial charge in [-0.25, -0.2) is 8.42 Å². The molecule has 0 aromatic heterocycles. The van der Waals surface area contributed by atoms with Crippen molar-refractivity contribution < 1.29 is 17.9 Å². The molecule has 0 bridgehead atoms. The predicted molar refractivity (Wildman–Crippen MR) is 142 cm³/mol. The molecule has 3 aromatic rings. The van der Waals surface area contributed by atoms with E-state index in [1.807, 2.05) is 71.0 Å². The number of esters is 1. The lowest BCUT2D eigenvalue weighted by molar-refractivity contribution is -0.148. The van der Waals surface area contributed by atoms with Crippen LogP contribution in [0.4, 0.5) is 5.69 Å². The van der Waals surface area contributed by atoms with Crippen LogP contribution in [-0.4, -0.2) is 21.0 Å². The lowest BCUT2D eigenvalue weighted by atomic mass is 9.86. The monoisotopic (exact) mass is 491 g/mol. The zero-order chi connectivity index (χ0) is 25.3. The van der Waals surface area contributed by atoms with Gasteiger partial charge in [0.05, 0.1) is 23.1 Å². The first kappa shape index (κ1) is 25.0. The molecule has 0 saturated heterocycles. The number of nitrogens with one attached hydrogen (secondary N) is 1. The number of allylic oxidation sites excluding steroid dienone is 2. The molecule has 0 spiro atoms. The number of anilines is 1. The number of ether oxygens (including phenoxy) is 1. The fraction of sp³-hybridized carbons (Fsp3) is 0.345. The molecule has 5 nitrogen and oxygen atoms in total. The molecular formula is C29H33NO4S. The van der Waals surface area contributed by atoms with Gasteiger partial charge in [-0.05, 0) is 105 Å². The molecule has 0 fully saturated rings. The van der Waals surface area contributed by atoms with Crippen LogP contribution >= 0.6 is 0 Å². The summed E-state index contributed by atoms with van der Waals surface area (Å²) in [5.41, 5.74) is 6.09. The maximum Gasteiger partial charge on any atom is 0.309 e. The normalized spacial score (nSPS) is 16.1. The van der Waals surface area contributed by atoms with Crippen LogP contribution in [0.3, 0.4) is 0 Å². The van der Waals surface area contributed by atoms with Gasteiger partial charge in [0.1, 0.15) is 0 Å². The quantitative estimate of drug-likeness (QED) is 0.393. The smallest absolute Gasteiger partial charge is 0.309 e. The zero-order valence-corrected chi connectivity index (χ0v) is 21.9. The third-order valence-corrected chi connectivity index (χ3v) is 8.71. The Morgan fingerprint density at radius 2 is 1.71 bits per heavy atom. The average molecular weight is 492 g/mol. The van der Waals surface area contributed by atoms with Crippen molar-refractivity contribution in [3.05, 3.63) is 76.4 Å². The summed E-state index contributed by atoms with van der Waals surface area (Å²) in [5, 5.41) is 1.81. The lowest BCUT2D eigenvalue weighted by Gasteiger charge is -2.22. The maximum atomic E-state index is 13.7. The Morgan fingerprint density at radius 1 is 1.03 bits per heavy atom. The highest BCUT2D eigenvalue weighted by Crippen LogP contribution is 2.36. The number of rotatable bonds is 6. The fourth-order valence-electron chi connectivity index (χ4n) is 4.93. The van der Waals surface area contributed by atoms with Gasteiger partial charge in [-0.15, -0.1) is 0 Å². The van der Waals surface area contributed by atoms with Crippen LogP contribution in [0.2, 0.25) is 0 Å². The van der Waals surface area contributed by atoms with Crippen LogP contribution in [0.5, 0.6) is 0 Å². The molecule has 35 heavy (non-hydrogen) atoms. The molecule has 0 radical (unpaired) electrons. The van der Waals surface area contributed by atoms with Crippen LogP contribution in [0.25, 0.3) is 16.3 Å². The lowest BCUT2D eigenvalue weighted by Crippen LogP contribution is -2.19. The molecule has 1 aliphatic rings. The molecular weight excluding hydrogens is 458 g/mol. The third-order valence-electron chi connectivity index (χ3n) is 7.07. The first-order valence-corrected chi connectivity index (χ1v) is 13.6. The van der Waals surface area contributed by atoms with Gasteiger partial charge < -0.3 is 4.74 Å². The molecule has 0 aliphatic heterocycles. The molecule has 1 atom stereocenters. The topological polar surface area (TPSA) is 72.5 Å². The first-order chi connectivity index (χ1) is 16.6. The maximum absolute atomic E-state index is 13.7. The molecule has 6 heteroatoms. The van der Waals surface area contributed by atoms with E-state index in [0.717, 1.165) is 57.0 Å². The standard InChI is InChI=1S/C29H33NO4S/c1-6-34-29(31)23-13-11-22(12-14-23)25-16-24-9-7-8-10-26(24)27(17-25)30-35(32,33)28-20(4)18(2)15-19(3)21(28)5/h7-11,15-17,23,30H,6,12-14H2,1-5H3/t23-/m0/s1. The number of benzene rings is 3. The van der Waals surface area contributed by atoms with E-state index in [-0.39, 0.29) is 11.9 Å². The molecule has 0 amide bonds. The van der Waals surface area contributed by atoms with Gasteiger partial charge in [0.2, 0.25) is 0 Å². The van der Waals surface area contributed by atoms with Crippen molar-refractivity contribution in [2.75, 3.05) is 11.3 Å². The predicted octanol–water partition coefficient (Wildman–Crippen LogP) is 6.62. The highest BCUT2D eigenvalue weighted by molar-refractivity contribution is 7.92. The fourth-order valence-corrected chi connectivity index (χ4v) is 6.62. The SMILES string of the molecule is CCOC(=O)[C@H]1CC=C(c2cc(NS(=O)(=O)c3c(C)c(C)cc(C)c3C)c3ccccc3c2)CC1. The largest absolute Gasteiger partial charge is 0.466 e. The summed E-state index contributed by atoms with van der Waals surface area (Å²) in [6, 6.07) is 13.8. The van der Waals surface area contributed by atoms with Crippen LogP contribution in [0.1, 0.15) is 54.0 Å². The van der Waals surface area contributed by atoms with Crippen LogP contribution in [-0.2, 0) is 19.6 Å². The molecule has 1 N–H and O–H groups in total. The van der Waals surface area contributed by atoms with Gasteiger partial charge in [0.15, 0.2) is 0 Å². The van der Waals surface area contributed by atoms with E-state index in [1.165, 1.54) is 0 Å². The Labute approximate surface area is 208 Å². The summed E-state index contributed by atoms with van der Waals surface area (Å²) in [7, 11) is -3.82. The van der Waals surface area contributed by atoms with Crippen LogP contribution < -0.4 is 4.72 Å². The number of hydrogen-bond acceptors (Lipinski definition) is 4. The Bertz CT molecular complexity index is 1410. The Morgan fingerprint density at radius 3 is 2.34 bits per heavy atom. The van der Waals surface area contributed by atoms with E-state index in [2.05, 4.69) is 16.9 Å². The molecule has 0 unspecified atom stereocenters. The second kappa shape index (κ2) is 9.86. The molecule has 3 aromatic carbocycles. The summed E-state index contributed by atoms with van der Waals surface area (Å²) < 4.78 is 35.5. The van der Waals surface area contributed by atoms with Crippen LogP contribution in [0.15, 0.2) is 53.4 Å². The highest BCUT2D eigenvalue weighted by atomic mass is 32.2. The van der Waals surface area contributed by atoms with Crippen molar-refractivity contribution in [1.82, 2.24) is 0 Å². The second-order valence-electron chi connectivity index (χ2n) is 9.39. The van der Waals surface area contributed by atoms with E-state index >= 15 is 0 Å². The Balaban J connectivity index is 1.75. The van der Waals surface area contributed by atoms with Crippen molar-refractivity contribution in [3.8, 4) is 0 Å². The van der Waals surface area contributed by atoms with Crippen molar-refractivity contribution in [3.63, 3.8) is 0 Å². The van der Waals surface area contributed by atoms with Crippen molar-refractivity contribution in [2.45, 2.75) is 58.8 Å². The van der Waals surface area contributed by atoms with Crippen molar-refractivity contribution in [2.24, 2.45) is 5.92 Å². The summed E-state index contributed by atoms with van der Waals surface area (Å²) in [4.78, 5) is 12.5. The first-order valence-electron chi connectivity index (χ1n) is 12.1. The Hall–Kier alpha value is -3.12. The minimum atomic E-state index is -3.82. The molecule has 184 valence electrons. The van der Waals surface area contributed by atoms with E-state index in [0.29, 0.717) is 23.6 Å². The zero-order valence-electron chi connectivity index (χ0n) is 21.1. The molecule has 4 rings (SSSR count). The van der Waals surface area contributed by atoms with Crippen LogP contribution in [0, 0.1) is 33.6 Å². The third kappa shape index (κ3) is 4.98. The molecule has 1 aliphatic carbocycles. The van der Waals surface area contributed by atoms with Gasteiger partial charge in [0.25, 0.3) is 10.0 Å². The van der Waals surface area contributed by atoms with Gasteiger partial charge in [-0.2, -0.15) is 0 Å². The summed E-state index contributed by atoms with van der Waals surface area (Å²) in [6.07, 6.45) is 4.18. The average Bonchev–Trinajstić information content (AvgIpc) is 2.83. The molecule has 0 saturated carbocycles. The van der Waals surface area contributed by atoms with E-state index in [9.17, 15) is 13.2 Å². The van der Waals surface area contributed by atoms with Gasteiger partial charge in [0, 0.05) is 5.39 Å². The second-order valence-corrected chi connectivity index (χ2v) is 11.0. The van der Waals surface area contributed by atoms with Crippen molar-refractivity contribution >= 4 is 38.0 Å². The minimum Gasteiger partial charge on any atom is -0.466 e. The Kier molecular flexibility index (Phi) is 7.04. The number of carbonyl (C=O) groups excluding carboxylic acids is 1. The number of aryl methyl sites for hydroxylation is 2. The van der Waals surface area contributed by atoms with Crippen molar-refractivity contribution in [1.29, 1.82) is 0 Å². The van der Waals surface area contributed by atoms with Gasteiger partial charge in [-0.1, -0.05) is 36.4 Å². The van der Waals surface area contributed by atoms with Gasteiger partial charge in [-0.3, -0.25) is 9.52 Å². The summed E-state index contributed by atoms with van der Waals surface area (Å²) >= 11 is 0. The minimum absolute atomic E-state index is 0.118. The van der Waals surface area contributed by atoms with E-state index < -0.39 is 10.0 Å². The number of carbonyl (C=O) groups is 1. The van der Waals surface area contributed by atoms with Gasteiger partial charge >= 0.3 is 5.97 Å². The number of fused-ring (bicyclic) bond motifs is 1. The summed E-state index contributed by atoms with van der Waals surface area (Å²) in [6.45, 7) is 9.81. The number of sulfonamides is 1. The highest BCUT2D eigenvalue weighted by Gasteiger charge is 2.25. The van der Waals surface area contributed by atoms with E-state index in [1.54, 1.807) is 0 Å². The molecule has 0 heterocycles. The number of hydrogen-bond donors (Lipinski definition) is 1. The van der Waals surface area contributed by atoms with E-state index in [4.69, 9.17) is 4.74 Å².